The van der Waals surface area contributed by atoms with Crippen molar-refractivity contribution in [3.05, 3.63) is 84.4 Å². The Kier molecular flexibility index (Phi) is 6.68. The zero-order valence-electron chi connectivity index (χ0n) is 18.2. The van der Waals surface area contributed by atoms with E-state index in [-0.39, 0.29) is 29.7 Å². The van der Waals surface area contributed by atoms with Crippen molar-refractivity contribution in [3.8, 4) is 33.7 Å². The van der Waals surface area contributed by atoms with Crippen LogP contribution in [0.3, 0.4) is 0 Å². The highest BCUT2D eigenvalue weighted by atomic mass is 19.4. The molecule has 178 valence electrons. The summed E-state index contributed by atoms with van der Waals surface area (Å²) in [5, 5.41) is 15.2. The zero-order valence-corrected chi connectivity index (χ0v) is 18.2. The third-order valence-corrected chi connectivity index (χ3v) is 5.23. The third-order valence-electron chi connectivity index (χ3n) is 5.23. The van der Waals surface area contributed by atoms with Gasteiger partial charge >= 0.3 is 12.1 Å². The maximum absolute atomic E-state index is 13.8. The first kappa shape index (κ1) is 23.7. The highest BCUT2D eigenvalue weighted by Crippen LogP contribution is 2.40. The molecule has 0 unspecified atom stereocenters. The van der Waals surface area contributed by atoms with Crippen molar-refractivity contribution in [3.63, 3.8) is 0 Å². The summed E-state index contributed by atoms with van der Waals surface area (Å²) in [5.74, 6) is -1.31. The van der Waals surface area contributed by atoms with Crippen molar-refractivity contribution < 1.29 is 32.4 Å². The number of anilines is 1. The van der Waals surface area contributed by atoms with E-state index in [0.717, 1.165) is 6.07 Å². The highest BCUT2D eigenvalue weighted by Gasteiger charge is 2.34. The van der Waals surface area contributed by atoms with E-state index >= 15 is 0 Å². The number of nitrogens with one attached hydrogen (secondary N) is 1. The Morgan fingerprint density at radius 1 is 0.857 bits per heavy atom. The van der Waals surface area contributed by atoms with Gasteiger partial charge in [0.15, 0.2) is 5.76 Å². The maximum atomic E-state index is 13.8. The number of nitrogens with zero attached hydrogens (tertiary/aromatic N) is 1. The van der Waals surface area contributed by atoms with Crippen LogP contribution in [-0.2, 0) is 15.8 Å². The molecule has 0 radical (unpaired) electrons. The summed E-state index contributed by atoms with van der Waals surface area (Å²) in [6.07, 6.45) is -4.98. The molecule has 1 aromatic heterocycles. The van der Waals surface area contributed by atoms with Crippen LogP contribution >= 0.6 is 0 Å². The Hall–Kier alpha value is -4.40. The molecule has 35 heavy (non-hydrogen) atoms. The second-order valence-corrected chi connectivity index (χ2v) is 7.72. The van der Waals surface area contributed by atoms with Gasteiger partial charge in [0, 0.05) is 29.3 Å². The van der Waals surface area contributed by atoms with E-state index in [4.69, 9.17) is 9.63 Å². The summed E-state index contributed by atoms with van der Waals surface area (Å²) in [5.41, 5.74) is 1.49. The normalized spacial score (nSPS) is 11.3. The maximum Gasteiger partial charge on any atom is 0.417 e. The van der Waals surface area contributed by atoms with Crippen LogP contribution in [0.25, 0.3) is 33.7 Å². The van der Waals surface area contributed by atoms with Gasteiger partial charge in [-0.25, -0.2) is 0 Å². The molecule has 0 spiro atoms. The van der Waals surface area contributed by atoms with E-state index in [2.05, 4.69) is 10.5 Å². The number of halogens is 3. The van der Waals surface area contributed by atoms with Gasteiger partial charge in [-0.15, -0.1) is 0 Å². The van der Waals surface area contributed by atoms with E-state index in [9.17, 15) is 22.8 Å². The molecule has 0 aliphatic rings. The van der Waals surface area contributed by atoms with Gasteiger partial charge in [-0.3, -0.25) is 9.59 Å². The number of aromatic nitrogens is 1. The second kappa shape index (κ2) is 9.84. The van der Waals surface area contributed by atoms with Crippen LogP contribution in [0.4, 0.5) is 18.9 Å². The lowest BCUT2D eigenvalue weighted by molar-refractivity contribution is -0.138. The Balaban J connectivity index is 1.55. The molecule has 3 aromatic carbocycles. The Morgan fingerprint density at radius 3 is 2.20 bits per heavy atom. The molecular formula is C26H19F3N2O4. The van der Waals surface area contributed by atoms with Gasteiger partial charge in [-0.2, -0.15) is 13.2 Å². The van der Waals surface area contributed by atoms with Crippen molar-refractivity contribution in [2.75, 3.05) is 5.32 Å². The minimum absolute atomic E-state index is 0.0718. The number of hydrogen-bond acceptors (Lipinski definition) is 4. The fourth-order valence-corrected chi connectivity index (χ4v) is 3.52. The fraction of sp³-hybridized carbons (Fsp3) is 0.115. The number of hydrogen-bond donors (Lipinski definition) is 2. The van der Waals surface area contributed by atoms with Gasteiger partial charge < -0.3 is 14.9 Å². The minimum Gasteiger partial charge on any atom is -0.481 e. The summed E-state index contributed by atoms with van der Waals surface area (Å²) in [6, 6.07) is 20.4. The molecule has 4 rings (SSSR count). The van der Waals surface area contributed by atoms with Crippen LogP contribution in [0.1, 0.15) is 18.4 Å². The van der Waals surface area contributed by atoms with Crippen LogP contribution in [-0.4, -0.2) is 22.1 Å². The largest absolute Gasteiger partial charge is 0.481 e. The molecule has 0 bridgehead atoms. The van der Waals surface area contributed by atoms with Crippen molar-refractivity contribution in [1.29, 1.82) is 0 Å². The van der Waals surface area contributed by atoms with Crippen molar-refractivity contribution in [1.82, 2.24) is 5.16 Å². The molecule has 1 amide bonds. The molecule has 2 N–H and O–H groups in total. The van der Waals surface area contributed by atoms with Gasteiger partial charge in [0.1, 0.15) is 5.69 Å². The molecule has 1 heterocycles. The fourth-order valence-electron chi connectivity index (χ4n) is 3.52. The number of carbonyl (C=O) groups is 2. The van der Waals surface area contributed by atoms with E-state index in [1.807, 2.05) is 0 Å². The number of benzene rings is 3. The zero-order chi connectivity index (χ0) is 25.0. The Labute approximate surface area is 198 Å². The monoisotopic (exact) mass is 480 g/mol. The van der Waals surface area contributed by atoms with E-state index in [0.29, 0.717) is 22.5 Å². The topological polar surface area (TPSA) is 92.4 Å². The molecule has 0 fully saturated rings. The van der Waals surface area contributed by atoms with Crippen LogP contribution in [0.2, 0.25) is 0 Å². The number of aliphatic carboxylic acids is 1. The first-order valence-electron chi connectivity index (χ1n) is 10.6. The standard InChI is InChI=1S/C26H19F3N2O4/c27-26(28,29)21-14-18(8-11-20(21)16-4-2-1-3-5-16)23-15-22(31-35-23)17-6-9-19(10-7-17)30-24(32)12-13-25(33)34/h1-11,14-15H,12-13H2,(H,30,32)(H,33,34). The lowest BCUT2D eigenvalue weighted by Gasteiger charge is -2.14. The lowest BCUT2D eigenvalue weighted by Crippen LogP contribution is -2.13. The van der Waals surface area contributed by atoms with Crippen LogP contribution in [0, 0.1) is 0 Å². The number of rotatable bonds is 7. The predicted octanol–water partition coefficient (Wildman–Crippen LogP) is 6.50. The van der Waals surface area contributed by atoms with Crippen molar-refractivity contribution >= 4 is 17.6 Å². The van der Waals surface area contributed by atoms with E-state index < -0.39 is 23.6 Å². The van der Waals surface area contributed by atoms with Crippen LogP contribution in [0.5, 0.6) is 0 Å². The summed E-state index contributed by atoms with van der Waals surface area (Å²) >= 11 is 0. The number of amides is 1. The van der Waals surface area contributed by atoms with E-state index in [1.165, 1.54) is 12.1 Å². The second-order valence-electron chi connectivity index (χ2n) is 7.72. The number of carboxylic acid groups (broad SMARTS) is 1. The van der Waals surface area contributed by atoms with Gasteiger partial charge in [0.2, 0.25) is 5.91 Å². The molecular weight excluding hydrogens is 461 g/mol. The smallest absolute Gasteiger partial charge is 0.417 e. The number of carboxylic acids is 1. The predicted molar refractivity (Wildman–Crippen MR) is 123 cm³/mol. The van der Waals surface area contributed by atoms with E-state index in [1.54, 1.807) is 60.7 Å². The third kappa shape index (κ3) is 5.75. The van der Waals surface area contributed by atoms with Gasteiger partial charge in [-0.05, 0) is 29.3 Å². The SMILES string of the molecule is O=C(O)CCC(=O)Nc1ccc(-c2cc(-c3ccc(-c4ccccc4)c(C(F)(F)F)c3)on2)cc1. The summed E-state index contributed by atoms with van der Waals surface area (Å²) in [7, 11) is 0. The average Bonchev–Trinajstić information content (AvgIpc) is 3.33. The Bertz CT molecular complexity index is 1350. The highest BCUT2D eigenvalue weighted by molar-refractivity contribution is 5.92. The van der Waals surface area contributed by atoms with Gasteiger partial charge in [-0.1, -0.05) is 59.8 Å². The quantitative estimate of drug-likeness (QED) is 0.315. The summed E-state index contributed by atoms with van der Waals surface area (Å²) in [4.78, 5) is 22.3. The van der Waals surface area contributed by atoms with Crippen molar-refractivity contribution in [2.24, 2.45) is 0 Å². The summed E-state index contributed by atoms with van der Waals surface area (Å²) in [6.45, 7) is 0. The first-order chi connectivity index (χ1) is 16.7. The Morgan fingerprint density at radius 2 is 1.54 bits per heavy atom. The molecule has 0 atom stereocenters. The summed E-state index contributed by atoms with van der Waals surface area (Å²) < 4.78 is 46.8. The average molecular weight is 480 g/mol. The van der Waals surface area contributed by atoms with Crippen molar-refractivity contribution in [2.45, 2.75) is 19.0 Å². The number of alkyl halides is 3. The molecule has 6 nitrogen and oxygen atoms in total. The molecule has 9 heteroatoms. The lowest BCUT2D eigenvalue weighted by atomic mass is 9.96. The minimum atomic E-state index is -4.56. The molecule has 0 saturated heterocycles. The molecule has 0 aliphatic carbocycles. The molecule has 0 saturated carbocycles. The first-order valence-corrected chi connectivity index (χ1v) is 10.6. The number of carbonyl (C=O) groups excluding carboxylic acids is 1. The molecule has 4 aromatic rings. The van der Waals surface area contributed by atoms with Gasteiger partial charge in [0.25, 0.3) is 0 Å². The molecule has 0 aliphatic heterocycles. The van der Waals surface area contributed by atoms with Gasteiger partial charge in [0.05, 0.1) is 12.0 Å². The van der Waals surface area contributed by atoms with Crippen LogP contribution in [0.15, 0.2) is 83.4 Å². The van der Waals surface area contributed by atoms with Crippen LogP contribution < -0.4 is 5.32 Å².